The van der Waals surface area contributed by atoms with E-state index in [0.717, 1.165) is 0 Å². The van der Waals surface area contributed by atoms with Crippen molar-refractivity contribution in [2.75, 3.05) is 12.5 Å². The Hall–Kier alpha value is 0.130. The molecule has 0 spiro atoms. The first-order chi connectivity index (χ1) is 4.63. The van der Waals surface area contributed by atoms with E-state index in [4.69, 9.17) is 32.0 Å². The molecule has 0 aromatic carbocycles. The van der Waals surface area contributed by atoms with Crippen LogP contribution in [0.2, 0.25) is 0 Å². The highest BCUT2D eigenvalue weighted by Crippen LogP contribution is 2.00. The van der Waals surface area contributed by atoms with E-state index in [9.17, 15) is 0 Å². The van der Waals surface area contributed by atoms with Crippen molar-refractivity contribution in [2.45, 2.75) is 18.3 Å². The largest absolute Gasteiger partial charge is 0.394 e. The molecular weight excluding hydrogens is 160 g/mol. The molecule has 4 nitrogen and oxygen atoms in total. The van der Waals surface area contributed by atoms with Gasteiger partial charge in [0, 0.05) is 0 Å². The van der Waals surface area contributed by atoms with Gasteiger partial charge in [-0.1, -0.05) is 0 Å². The van der Waals surface area contributed by atoms with Crippen molar-refractivity contribution in [2.24, 2.45) is 0 Å². The molecule has 0 aliphatic heterocycles. The van der Waals surface area contributed by atoms with Crippen LogP contribution in [-0.4, -0.2) is 51.2 Å². The molecule has 0 bridgehead atoms. The summed E-state index contributed by atoms with van der Waals surface area (Å²) in [6, 6.07) is 0. The summed E-state index contributed by atoms with van der Waals surface area (Å²) in [7, 11) is 0. The zero-order valence-electron chi connectivity index (χ0n) is 5.31. The normalized spacial score (nSPS) is 20.1. The molecule has 0 amide bonds. The lowest BCUT2D eigenvalue weighted by molar-refractivity contribution is -0.0687. The predicted octanol–water partition coefficient (Wildman–Crippen LogP) is -1.70. The molecule has 0 heterocycles. The zero-order chi connectivity index (χ0) is 8.15. The summed E-state index contributed by atoms with van der Waals surface area (Å²) in [5.41, 5.74) is 0. The number of hydrogen-bond donors (Lipinski definition) is 4. The average Bonchev–Trinajstić information content (AvgIpc) is 2.00. The fourth-order valence-electron chi connectivity index (χ4n) is 0.456. The van der Waals surface area contributed by atoms with Crippen LogP contribution >= 0.6 is 11.6 Å². The maximum absolute atomic E-state index is 8.84. The van der Waals surface area contributed by atoms with Gasteiger partial charge in [0.2, 0.25) is 0 Å². The van der Waals surface area contributed by atoms with Gasteiger partial charge in [0.15, 0.2) is 0 Å². The molecule has 0 aromatic rings. The van der Waals surface area contributed by atoms with E-state index in [-0.39, 0.29) is 5.88 Å². The van der Waals surface area contributed by atoms with Gasteiger partial charge in [-0.05, 0) is 0 Å². The van der Waals surface area contributed by atoms with Crippen LogP contribution in [0.3, 0.4) is 0 Å². The third-order valence-electron chi connectivity index (χ3n) is 1.13. The molecule has 0 rings (SSSR count). The first-order valence-corrected chi connectivity index (χ1v) is 3.38. The lowest BCUT2D eigenvalue weighted by Gasteiger charge is -2.18. The second-order valence-electron chi connectivity index (χ2n) is 1.96. The van der Waals surface area contributed by atoms with Crippen molar-refractivity contribution >= 4 is 11.6 Å². The molecule has 0 saturated heterocycles. The van der Waals surface area contributed by atoms with E-state index < -0.39 is 24.9 Å². The van der Waals surface area contributed by atoms with Gasteiger partial charge in [-0.3, -0.25) is 0 Å². The first-order valence-electron chi connectivity index (χ1n) is 2.84. The molecule has 0 fully saturated rings. The first kappa shape index (κ1) is 10.1. The van der Waals surface area contributed by atoms with E-state index >= 15 is 0 Å². The second kappa shape index (κ2) is 4.87. The molecule has 4 N–H and O–H groups in total. The Morgan fingerprint density at radius 1 is 1.10 bits per heavy atom. The number of aliphatic hydroxyl groups is 4. The average molecular weight is 171 g/mol. The van der Waals surface area contributed by atoms with Crippen molar-refractivity contribution < 1.29 is 20.4 Å². The van der Waals surface area contributed by atoms with Crippen LogP contribution in [0.15, 0.2) is 0 Å². The molecule has 0 aromatic heterocycles. The van der Waals surface area contributed by atoms with E-state index in [1.807, 2.05) is 0 Å². The van der Waals surface area contributed by atoms with Crippen LogP contribution in [0.1, 0.15) is 0 Å². The molecule has 10 heavy (non-hydrogen) atoms. The van der Waals surface area contributed by atoms with Crippen LogP contribution in [0.4, 0.5) is 0 Å². The Balaban J connectivity index is 3.69. The summed E-state index contributed by atoms with van der Waals surface area (Å²) < 4.78 is 0. The third kappa shape index (κ3) is 2.81. The lowest BCUT2D eigenvalue weighted by atomic mass is 10.1. The zero-order valence-corrected chi connectivity index (χ0v) is 6.07. The molecule has 0 aliphatic rings. The molecule has 3 atom stereocenters. The maximum Gasteiger partial charge on any atom is 0.109 e. The van der Waals surface area contributed by atoms with Crippen LogP contribution in [0, 0.1) is 0 Å². The van der Waals surface area contributed by atoms with Crippen LogP contribution < -0.4 is 0 Å². The fraction of sp³-hybridized carbons (Fsp3) is 1.00. The fourth-order valence-corrected chi connectivity index (χ4v) is 0.638. The summed E-state index contributed by atoms with van der Waals surface area (Å²) >= 11 is 5.15. The molecule has 62 valence electrons. The van der Waals surface area contributed by atoms with Gasteiger partial charge in [-0.25, -0.2) is 0 Å². The minimum atomic E-state index is -1.37. The summed E-state index contributed by atoms with van der Waals surface area (Å²) in [4.78, 5) is 0. The van der Waals surface area contributed by atoms with Crippen molar-refractivity contribution in [3.05, 3.63) is 0 Å². The summed E-state index contributed by atoms with van der Waals surface area (Å²) in [6.45, 7) is -0.588. The number of alkyl halides is 1. The van der Waals surface area contributed by atoms with Gasteiger partial charge in [0.05, 0.1) is 18.6 Å². The van der Waals surface area contributed by atoms with E-state index in [1.165, 1.54) is 0 Å². The van der Waals surface area contributed by atoms with Crippen molar-refractivity contribution in [1.82, 2.24) is 0 Å². The molecule has 0 radical (unpaired) electrons. The molecular formula is C5H11ClO4. The number of hydrogen-bond acceptors (Lipinski definition) is 4. The highest BCUT2D eigenvalue weighted by atomic mass is 35.5. The van der Waals surface area contributed by atoms with Gasteiger partial charge in [0.25, 0.3) is 0 Å². The van der Waals surface area contributed by atoms with Crippen molar-refractivity contribution in [3.8, 4) is 0 Å². The maximum atomic E-state index is 8.84. The molecule has 0 aliphatic carbocycles. The van der Waals surface area contributed by atoms with Gasteiger partial charge in [0.1, 0.15) is 12.2 Å². The quantitative estimate of drug-likeness (QED) is 0.379. The van der Waals surface area contributed by atoms with Gasteiger partial charge >= 0.3 is 0 Å². The van der Waals surface area contributed by atoms with Gasteiger partial charge in [-0.2, -0.15) is 0 Å². The molecule has 0 saturated carbocycles. The number of halogens is 1. The lowest BCUT2D eigenvalue weighted by Crippen LogP contribution is -2.40. The summed E-state index contributed by atoms with van der Waals surface area (Å²) in [5, 5.41) is 34.6. The third-order valence-corrected chi connectivity index (χ3v) is 1.45. The van der Waals surface area contributed by atoms with E-state index in [1.54, 1.807) is 0 Å². The van der Waals surface area contributed by atoms with E-state index in [0.29, 0.717) is 0 Å². The SMILES string of the molecule is OC[C@H](O)[C@@H](O)[C@H](O)CCl. The van der Waals surface area contributed by atoms with Gasteiger partial charge in [-0.15, -0.1) is 11.6 Å². The standard InChI is InChI=1S/C5H11ClO4/c6-1-3(8)5(10)4(9)2-7/h3-5,7-10H,1-2H2/t3-,4+,5+/m1/s1. The van der Waals surface area contributed by atoms with E-state index in [2.05, 4.69) is 0 Å². The second-order valence-corrected chi connectivity index (χ2v) is 2.27. The molecule has 5 heteroatoms. The van der Waals surface area contributed by atoms with Gasteiger partial charge < -0.3 is 20.4 Å². The number of aliphatic hydroxyl groups excluding tert-OH is 4. The van der Waals surface area contributed by atoms with Crippen molar-refractivity contribution in [1.29, 1.82) is 0 Å². The smallest absolute Gasteiger partial charge is 0.109 e. The summed E-state index contributed by atoms with van der Waals surface area (Å²) in [5.74, 6) is -0.168. The Morgan fingerprint density at radius 3 is 1.90 bits per heavy atom. The predicted molar refractivity (Wildman–Crippen MR) is 35.8 cm³/mol. The Morgan fingerprint density at radius 2 is 1.60 bits per heavy atom. The Bertz CT molecular complexity index is 79.7. The summed E-state index contributed by atoms with van der Waals surface area (Å²) in [6.07, 6.45) is -3.89. The van der Waals surface area contributed by atoms with Crippen molar-refractivity contribution in [3.63, 3.8) is 0 Å². The molecule has 0 unspecified atom stereocenters. The number of rotatable bonds is 4. The highest BCUT2D eigenvalue weighted by molar-refractivity contribution is 6.18. The monoisotopic (exact) mass is 170 g/mol. The Labute approximate surface area is 63.7 Å². The topological polar surface area (TPSA) is 80.9 Å². The van der Waals surface area contributed by atoms with Crippen LogP contribution in [0.25, 0.3) is 0 Å². The Kier molecular flexibility index (Phi) is 4.93. The minimum Gasteiger partial charge on any atom is -0.394 e. The minimum absolute atomic E-state index is 0.168. The van der Waals surface area contributed by atoms with Crippen LogP contribution in [0.5, 0.6) is 0 Å². The van der Waals surface area contributed by atoms with Crippen LogP contribution in [-0.2, 0) is 0 Å². The highest BCUT2D eigenvalue weighted by Gasteiger charge is 2.22.